The minimum Gasteiger partial charge on any atom is -0.478 e. The first-order valence-electron chi connectivity index (χ1n) is 6.50. The predicted molar refractivity (Wildman–Crippen MR) is 86.8 cm³/mol. The van der Waals surface area contributed by atoms with Crippen LogP contribution >= 0.6 is 0 Å². The summed E-state index contributed by atoms with van der Waals surface area (Å²) in [6.07, 6.45) is 0. The highest BCUT2D eigenvalue weighted by Gasteiger charge is 2.18. The molecule has 0 fully saturated rings. The van der Waals surface area contributed by atoms with Gasteiger partial charge in [-0.1, -0.05) is 6.07 Å². The molecule has 0 aliphatic heterocycles. The number of sulfonamides is 2. The molecule has 0 saturated heterocycles. The third kappa shape index (κ3) is 3.91. The van der Waals surface area contributed by atoms with E-state index in [-0.39, 0.29) is 21.0 Å². The molecule has 2 aromatic rings. The maximum atomic E-state index is 12.3. The number of carboxylic acid groups (broad SMARTS) is 1. The standard InChI is InChI=1S/C14H14N2O6S2/c1-9-2-5-11(8-13(9)23(15,19)20)16-24(21,22)12-6-3-10(4-7-12)14(17)18/h2-8,16H,1H3,(H,17,18)(H2,15,19,20). The van der Waals surface area contributed by atoms with E-state index in [1.165, 1.54) is 19.1 Å². The van der Waals surface area contributed by atoms with E-state index >= 15 is 0 Å². The molecule has 2 aromatic carbocycles. The minimum atomic E-state index is -4.01. The summed E-state index contributed by atoms with van der Waals surface area (Å²) in [7, 11) is -8.00. The molecule has 128 valence electrons. The number of rotatable bonds is 5. The molecule has 0 saturated carbocycles. The zero-order valence-corrected chi connectivity index (χ0v) is 14.1. The second-order valence-corrected chi connectivity index (χ2v) is 8.17. The van der Waals surface area contributed by atoms with Gasteiger partial charge in [-0.25, -0.2) is 26.8 Å². The van der Waals surface area contributed by atoms with Crippen molar-refractivity contribution in [2.24, 2.45) is 5.14 Å². The fourth-order valence-corrected chi connectivity index (χ4v) is 3.82. The van der Waals surface area contributed by atoms with Crippen molar-refractivity contribution in [1.82, 2.24) is 0 Å². The SMILES string of the molecule is Cc1ccc(NS(=O)(=O)c2ccc(C(=O)O)cc2)cc1S(N)(=O)=O. The number of hydrogen-bond acceptors (Lipinski definition) is 5. The molecule has 0 atom stereocenters. The Morgan fingerprint density at radius 3 is 2.12 bits per heavy atom. The van der Waals surface area contributed by atoms with Crippen LogP contribution < -0.4 is 9.86 Å². The van der Waals surface area contributed by atoms with Crippen molar-refractivity contribution in [3.63, 3.8) is 0 Å². The van der Waals surface area contributed by atoms with Gasteiger partial charge in [0.25, 0.3) is 10.0 Å². The Balaban J connectivity index is 2.38. The van der Waals surface area contributed by atoms with Gasteiger partial charge >= 0.3 is 5.97 Å². The number of aromatic carboxylic acids is 1. The molecule has 24 heavy (non-hydrogen) atoms. The molecule has 0 spiro atoms. The predicted octanol–water partition coefficient (Wildman–Crippen LogP) is 1.14. The first kappa shape index (κ1) is 17.9. The Bertz CT molecular complexity index is 996. The van der Waals surface area contributed by atoms with Gasteiger partial charge in [0, 0.05) is 0 Å². The maximum absolute atomic E-state index is 12.3. The Kier molecular flexibility index (Phi) is 4.65. The van der Waals surface area contributed by atoms with Crippen LogP contribution in [0.5, 0.6) is 0 Å². The topological polar surface area (TPSA) is 144 Å². The maximum Gasteiger partial charge on any atom is 0.335 e. The number of nitrogens with two attached hydrogens (primary N) is 1. The zero-order valence-electron chi connectivity index (χ0n) is 12.4. The van der Waals surface area contributed by atoms with E-state index in [0.29, 0.717) is 5.56 Å². The molecule has 0 aliphatic rings. The number of aryl methyl sites for hydroxylation is 1. The summed E-state index contributed by atoms with van der Waals surface area (Å²) < 4.78 is 49.8. The van der Waals surface area contributed by atoms with Gasteiger partial charge in [-0.05, 0) is 48.9 Å². The highest BCUT2D eigenvalue weighted by atomic mass is 32.2. The number of benzene rings is 2. The van der Waals surface area contributed by atoms with E-state index in [0.717, 1.165) is 30.3 Å². The molecule has 0 heterocycles. The highest BCUT2D eigenvalue weighted by Crippen LogP contribution is 2.22. The van der Waals surface area contributed by atoms with Crippen molar-refractivity contribution in [2.45, 2.75) is 16.7 Å². The number of carboxylic acids is 1. The van der Waals surface area contributed by atoms with Gasteiger partial charge in [0.2, 0.25) is 10.0 Å². The van der Waals surface area contributed by atoms with Crippen LogP contribution in [0.3, 0.4) is 0 Å². The molecule has 4 N–H and O–H groups in total. The summed E-state index contributed by atoms with van der Waals surface area (Å²) in [5.74, 6) is -1.18. The normalized spacial score (nSPS) is 11.9. The Hall–Kier alpha value is -2.43. The molecule has 0 aromatic heterocycles. The molecular formula is C14H14N2O6S2. The summed E-state index contributed by atoms with van der Waals surface area (Å²) in [5.41, 5.74) is 0.346. The Morgan fingerprint density at radius 1 is 1.04 bits per heavy atom. The smallest absolute Gasteiger partial charge is 0.335 e. The highest BCUT2D eigenvalue weighted by molar-refractivity contribution is 7.92. The number of primary sulfonamides is 1. The van der Waals surface area contributed by atoms with Crippen LogP contribution in [0, 0.1) is 6.92 Å². The fraction of sp³-hybridized carbons (Fsp3) is 0.0714. The second-order valence-electron chi connectivity index (χ2n) is 4.96. The van der Waals surface area contributed by atoms with Crippen molar-refractivity contribution < 1.29 is 26.7 Å². The quantitative estimate of drug-likeness (QED) is 0.720. The summed E-state index contributed by atoms with van der Waals surface area (Å²) in [5, 5.41) is 13.9. The van der Waals surface area contributed by atoms with E-state index in [1.54, 1.807) is 0 Å². The first-order chi connectivity index (χ1) is 11.0. The molecule has 8 nitrogen and oxygen atoms in total. The van der Waals surface area contributed by atoms with Gasteiger partial charge in [-0.2, -0.15) is 0 Å². The number of hydrogen-bond donors (Lipinski definition) is 3. The third-order valence-corrected chi connectivity index (χ3v) is 5.61. The molecule has 2 rings (SSSR count). The summed E-state index contributed by atoms with van der Waals surface area (Å²) >= 11 is 0. The van der Waals surface area contributed by atoms with E-state index in [1.807, 2.05) is 0 Å². The lowest BCUT2D eigenvalue weighted by Gasteiger charge is -2.11. The van der Waals surface area contributed by atoms with Gasteiger partial charge in [0.15, 0.2) is 0 Å². The van der Waals surface area contributed by atoms with Crippen molar-refractivity contribution in [1.29, 1.82) is 0 Å². The van der Waals surface area contributed by atoms with Crippen molar-refractivity contribution in [3.8, 4) is 0 Å². The molecular weight excluding hydrogens is 356 g/mol. The average molecular weight is 370 g/mol. The van der Waals surface area contributed by atoms with Crippen LogP contribution in [-0.2, 0) is 20.0 Å². The van der Waals surface area contributed by atoms with Crippen LogP contribution in [-0.4, -0.2) is 27.9 Å². The largest absolute Gasteiger partial charge is 0.478 e. The number of nitrogens with one attached hydrogen (secondary N) is 1. The van der Waals surface area contributed by atoms with E-state index in [4.69, 9.17) is 10.2 Å². The minimum absolute atomic E-state index is 0.0203. The molecule has 0 amide bonds. The van der Waals surface area contributed by atoms with Crippen molar-refractivity contribution in [2.75, 3.05) is 4.72 Å². The van der Waals surface area contributed by atoms with Crippen LogP contribution in [0.1, 0.15) is 15.9 Å². The molecule has 0 aliphatic carbocycles. The van der Waals surface area contributed by atoms with E-state index in [2.05, 4.69) is 4.72 Å². The second kappa shape index (κ2) is 6.23. The zero-order chi connectivity index (χ0) is 18.1. The lowest BCUT2D eigenvalue weighted by molar-refractivity contribution is 0.0696. The van der Waals surface area contributed by atoms with Gasteiger partial charge in [-0.3, -0.25) is 4.72 Å². The Labute approximate surface area is 139 Å². The summed E-state index contributed by atoms with van der Waals surface area (Å²) in [4.78, 5) is 10.4. The van der Waals surface area contributed by atoms with Gasteiger partial charge < -0.3 is 5.11 Å². The van der Waals surface area contributed by atoms with Crippen molar-refractivity contribution >= 4 is 31.7 Å². The van der Waals surface area contributed by atoms with Gasteiger partial charge in [0.05, 0.1) is 21.0 Å². The molecule has 0 bridgehead atoms. The molecule has 10 heteroatoms. The lowest BCUT2D eigenvalue weighted by atomic mass is 10.2. The average Bonchev–Trinajstić information content (AvgIpc) is 2.48. The first-order valence-corrected chi connectivity index (χ1v) is 9.53. The van der Waals surface area contributed by atoms with Crippen molar-refractivity contribution in [3.05, 3.63) is 53.6 Å². The monoisotopic (exact) mass is 370 g/mol. The van der Waals surface area contributed by atoms with E-state index in [9.17, 15) is 21.6 Å². The fourth-order valence-electron chi connectivity index (χ4n) is 1.96. The molecule has 0 radical (unpaired) electrons. The van der Waals surface area contributed by atoms with Gasteiger partial charge in [0.1, 0.15) is 0 Å². The van der Waals surface area contributed by atoms with E-state index < -0.39 is 26.0 Å². The number of anilines is 1. The van der Waals surface area contributed by atoms with Crippen LogP contribution in [0.2, 0.25) is 0 Å². The Morgan fingerprint density at radius 2 is 1.62 bits per heavy atom. The van der Waals surface area contributed by atoms with Crippen LogP contribution in [0.4, 0.5) is 5.69 Å². The number of carbonyl (C=O) groups is 1. The van der Waals surface area contributed by atoms with Crippen LogP contribution in [0.25, 0.3) is 0 Å². The van der Waals surface area contributed by atoms with Crippen LogP contribution in [0.15, 0.2) is 52.3 Å². The molecule has 0 unspecified atom stereocenters. The third-order valence-electron chi connectivity index (χ3n) is 3.16. The summed E-state index contributed by atoms with van der Waals surface area (Å²) in [6.45, 7) is 1.53. The lowest BCUT2D eigenvalue weighted by Crippen LogP contribution is -2.16. The summed E-state index contributed by atoms with van der Waals surface area (Å²) in [6, 6.07) is 8.52. The van der Waals surface area contributed by atoms with Gasteiger partial charge in [-0.15, -0.1) is 0 Å².